The van der Waals surface area contributed by atoms with Gasteiger partial charge in [0.2, 0.25) is 0 Å². The van der Waals surface area contributed by atoms with Crippen molar-refractivity contribution in [2.45, 2.75) is 24.8 Å². The van der Waals surface area contributed by atoms with E-state index in [-0.39, 0.29) is 12.5 Å². The summed E-state index contributed by atoms with van der Waals surface area (Å²) in [6.45, 7) is 1.02. The predicted molar refractivity (Wildman–Crippen MR) is 63.8 cm³/mol. The standard InChI is InChI=1S/C13H19NO2/c1-16-13-4-2-3-10(7-13)11(9-15)8-14-12-5-6-12/h2-4,7,11-12,14-15H,5-6,8-9H2,1H3. The molecule has 0 spiro atoms. The summed E-state index contributed by atoms with van der Waals surface area (Å²) in [6.07, 6.45) is 2.55. The molecule has 3 nitrogen and oxygen atoms in total. The summed E-state index contributed by atoms with van der Waals surface area (Å²) < 4.78 is 5.19. The number of methoxy groups -OCH3 is 1. The van der Waals surface area contributed by atoms with Crippen molar-refractivity contribution in [3.8, 4) is 5.75 Å². The highest BCUT2D eigenvalue weighted by molar-refractivity contribution is 5.31. The largest absolute Gasteiger partial charge is 0.497 e. The lowest BCUT2D eigenvalue weighted by molar-refractivity contribution is 0.261. The minimum atomic E-state index is 0.163. The van der Waals surface area contributed by atoms with Crippen LogP contribution in [0.3, 0.4) is 0 Å². The van der Waals surface area contributed by atoms with E-state index in [1.807, 2.05) is 24.3 Å². The highest BCUT2D eigenvalue weighted by Gasteiger charge is 2.22. The first-order valence-electron chi connectivity index (χ1n) is 5.81. The molecule has 0 aliphatic heterocycles. The molecule has 1 atom stereocenters. The highest BCUT2D eigenvalue weighted by atomic mass is 16.5. The van der Waals surface area contributed by atoms with E-state index in [9.17, 15) is 5.11 Å². The number of hydrogen-bond donors (Lipinski definition) is 2. The van der Waals surface area contributed by atoms with Crippen molar-refractivity contribution in [1.82, 2.24) is 5.32 Å². The molecule has 0 bridgehead atoms. The molecular weight excluding hydrogens is 202 g/mol. The molecule has 1 aliphatic rings. The Morgan fingerprint density at radius 3 is 2.94 bits per heavy atom. The third-order valence-corrected chi connectivity index (χ3v) is 3.02. The monoisotopic (exact) mass is 221 g/mol. The Kier molecular flexibility index (Phi) is 3.80. The van der Waals surface area contributed by atoms with Crippen LogP contribution in [0.25, 0.3) is 0 Å². The number of ether oxygens (including phenoxy) is 1. The molecule has 1 aliphatic carbocycles. The molecule has 1 fully saturated rings. The zero-order valence-electron chi connectivity index (χ0n) is 9.65. The highest BCUT2D eigenvalue weighted by Crippen LogP contribution is 2.23. The molecule has 1 saturated carbocycles. The van der Waals surface area contributed by atoms with E-state index in [4.69, 9.17) is 4.74 Å². The second kappa shape index (κ2) is 5.32. The smallest absolute Gasteiger partial charge is 0.119 e. The van der Waals surface area contributed by atoms with Gasteiger partial charge in [0.15, 0.2) is 0 Å². The average Bonchev–Trinajstić information content (AvgIpc) is 3.14. The molecular formula is C13H19NO2. The summed E-state index contributed by atoms with van der Waals surface area (Å²) in [6, 6.07) is 8.60. The maximum Gasteiger partial charge on any atom is 0.119 e. The van der Waals surface area contributed by atoms with Crippen molar-refractivity contribution in [1.29, 1.82) is 0 Å². The van der Waals surface area contributed by atoms with Gasteiger partial charge in [-0.25, -0.2) is 0 Å². The van der Waals surface area contributed by atoms with Crippen molar-refractivity contribution in [2.75, 3.05) is 20.3 Å². The molecule has 1 aromatic carbocycles. The minimum absolute atomic E-state index is 0.163. The van der Waals surface area contributed by atoms with Crippen LogP contribution in [0.1, 0.15) is 24.3 Å². The lowest BCUT2D eigenvalue weighted by atomic mass is 10.00. The average molecular weight is 221 g/mol. The molecule has 88 valence electrons. The Morgan fingerprint density at radius 1 is 1.50 bits per heavy atom. The van der Waals surface area contributed by atoms with Crippen LogP contribution in [0.5, 0.6) is 5.75 Å². The zero-order valence-corrected chi connectivity index (χ0v) is 9.65. The van der Waals surface area contributed by atoms with Crippen LogP contribution < -0.4 is 10.1 Å². The van der Waals surface area contributed by atoms with Gasteiger partial charge in [0.1, 0.15) is 5.75 Å². The molecule has 0 amide bonds. The van der Waals surface area contributed by atoms with E-state index < -0.39 is 0 Å². The van der Waals surface area contributed by atoms with E-state index in [1.165, 1.54) is 12.8 Å². The Bertz CT molecular complexity index is 336. The lowest BCUT2D eigenvalue weighted by Gasteiger charge is -2.16. The molecule has 0 heterocycles. The molecule has 2 N–H and O–H groups in total. The number of aliphatic hydroxyl groups excluding tert-OH is 1. The maximum atomic E-state index is 9.40. The van der Waals surface area contributed by atoms with Gasteiger partial charge >= 0.3 is 0 Å². The van der Waals surface area contributed by atoms with Crippen LogP contribution in [0.2, 0.25) is 0 Å². The topological polar surface area (TPSA) is 41.5 Å². The van der Waals surface area contributed by atoms with Crippen molar-refractivity contribution < 1.29 is 9.84 Å². The van der Waals surface area contributed by atoms with Crippen LogP contribution in [0, 0.1) is 0 Å². The van der Waals surface area contributed by atoms with E-state index in [0.29, 0.717) is 6.04 Å². The van der Waals surface area contributed by atoms with E-state index >= 15 is 0 Å². The molecule has 1 aromatic rings. The van der Waals surface area contributed by atoms with Gasteiger partial charge in [-0.3, -0.25) is 0 Å². The fourth-order valence-corrected chi connectivity index (χ4v) is 1.78. The van der Waals surface area contributed by atoms with Crippen LogP contribution >= 0.6 is 0 Å². The maximum absolute atomic E-state index is 9.40. The normalized spacial score (nSPS) is 17.1. The van der Waals surface area contributed by atoms with Gasteiger partial charge < -0.3 is 15.2 Å². The van der Waals surface area contributed by atoms with E-state index in [1.54, 1.807) is 7.11 Å². The summed E-state index contributed by atoms with van der Waals surface area (Å²) in [7, 11) is 1.66. The Balaban J connectivity index is 1.99. The first kappa shape index (κ1) is 11.4. The first-order chi connectivity index (χ1) is 7.83. The third kappa shape index (κ3) is 2.97. The third-order valence-electron chi connectivity index (χ3n) is 3.02. The van der Waals surface area contributed by atoms with Crippen molar-refractivity contribution in [3.05, 3.63) is 29.8 Å². The molecule has 0 radical (unpaired) electrons. The van der Waals surface area contributed by atoms with Crippen molar-refractivity contribution >= 4 is 0 Å². The van der Waals surface area contributed by atoms with Crippen LogP contribution in [0.4, 0.5) is 0 Å². The van der Waals surface area contributed by atoms with E-state index in [2.05, 4.69) is 5.32 Å². The number of hydrogen-bond acceptors (Lipinski definition) is 3. The number of benzene rings is 1. The van der Waals surface area contributed by atoms with Crippen LogP contribution in [-0.4, -0.2) is 31.4 Å². The molecule has 3 heteroatoms. The second-order valence-corrected chi connectivity index (χ2v) is 4.34. The van der Waals surface area contributed by atoms with Gasteiger partial charge in [0, 0.05) is 18.5 Å². The second-order valence-electron chi connectivity index (χ2n) is 4.34. The van der Waals surface area contributed by atoms with Crippen molar-refractivity contribution in [2.24, 2.45) is 0 Å². The Hall–Kier alpha value is -1.06. The first-order valence-corrected chi connectivity index (χ1v) is 5.81. The van der Waals surface area contributed by atoms with Gasteiger partial charge in [0.25, 0.3) is 0 Å². The summed E-state index contributed by atoms with van der Waals surface area (Å²) in [5, 5.41) is 12.8. The van der Waals surface area contributed by atoms with Crippen LogP contribution in [-0.2, 0) is 0 Å². The molecule has 16 heavy (non-hydrogen) atoms. The summed E-state index contributed by atoms with van der Waals surface area (Å²) in [5.41, 5.74) is 1.13. The number of rotatable bonds is 6. The molecule has 0 aromatic heterocycles. The fraction of sp³-hybridized carbons (Fsp3) is 0.538. The van der Waals surface area contributed by atoms with E-state index in [0.717, 1.165) is 17.9 Å². The number of nitrogens with one attached hydrogen (secondary N) is 1. The van der Waals surface area contributed by atoms with Gasteiger partial charge in [0.05, 0.1) is 13.7 Å². The van der Waals surface area contributed by atoms with Gasteiger partial charge in [-0.15, -0.1) is 0 Å². The zero-order chi connectivity index (χ0) is 11.4. The summed E-state index contributed by atoms with van der Waals surface area (Å²) in [4.78, 5) is 0. The molecule has 0 saturated heterocycles. The van der Waals surface area contributed by atoms with Gasteiger partial charge in [-0.05, 0) is 30.5 Å². The Morgan fingerprint density at radius 2 is 2.31 bits per heavy atom. The Labute approximate surface area is 96.4 Å². The summed E-state index contributed by atoms with van der Waals surface area (Å²) in [5.74, 6) is 1.01. The lowest BCUT2D eigenvalue weighted by Crippen LogP contribution is -2.25. The number of aliphatic hydroxyl groups is 1. The quantitative estimate of drug-likeness (QED) is 0.765. The fourth-order valence-electron chi connectivity index (χ4n) is 1.78. The minimum Gasteiger partial charge on any atom is -0.497 e. The predicted octanol–water partition coefficient (Wildman–Crippen LogP) is 1.52. The SMILES string of the molecule is COc1cccc(C(CO)CNC2CC2)c1. The van der Waals surface area contributed by atoms with Gasteiger partial charge in [-0.2, -0.15) is 0 Å². The van der Waals surface area contributed by atoms with Gasteiger partial charge in [-0.1, -0.05) is 12.1 Å². The van der Waals surface area contributed by atoms with Crippen LogP contribution in [0.15, 0.2) is 24.3 Å². The molecule has 2 rings (SSSR count). The summed E-state index contributed by atoms with van der Waals surface area (Å²) >= 11 is 0. The van der Waals surface area contributed by atoms with Crippen molar-refractivity contribution in [3.63, 3.8) is 0 Å². The molecule has 1 unspecified atom stereocenters.